The number of pyridine rings is 2. The zero-order valence-corrected chi connectivity index (χ0v) is 22.0. The van der Waals surface area contributed by atoms with E-state index in [0.717, 1.165) is 6.07 Å². The number of imidazole rings is 1. The highest BCUT2D eigenvalue weighted by Gasteiger charge is 2.15. The Morgan fingerprint density at radius 2 is 1.95 bits per heavy atom. The monoisotopic (exact) mass is 553 g/mol. The number of ether oxygens (including phenoxy) is 2. The van der Waals surface area contributed by atoms with E-state index in [9.17, 15) is 19.1 Å². The van der Waals surface area contributed by atoms with E-state index in [2.05, 4.69) is 9.97 Å². The van der Waals surface area contributed by atoms with E-state index in [1.807, 2.05) is 10.6 Å². The molecule has 206 valence electrons. The van der Waals surface area contributed by atoms with E-state index in [-0.39, 0.29) is 41.3 Å². The van der Waals surface area contributed by atoms with Gasteiger partial charge in [-0.05, 0) is 42.5 Å². The summed E-state index contributed by atoms with van der Waals surface area (Å²) >= 11 is 0. The zero-order chi connectivity index (χ0) is 28.9. The number of benzene rings is 2. The molecule has 5 aromatic rings. The number of hydrogen-bond donors (Lipinski definition) is 1. The van der Waals surface area contributed by atoms with Crippen LogP contribution in [0.2, 0.25) is 0 Å². The lowest BCUT2D eigenvalue weighted by Crippen LogP contribution is -2.22. The second kappa shape index (κ2) is 11.8. The first-order chi connectivity index (χ1) is 19.9. The quantitative estimate of drug-likeness (QED) is 0.272. The lowest BCUT2D eigenvalue weighted by atomic mass is 10.1. The third-order valence-electron chi connectivity index (χ3n) is 6.48. The summed E-state index contributed by atoms with van der Waals surface area (Å²) in [6, 6.07) is 19.0. The van der Waals surface area contributed by atoms with Gasteiger partial charge in [-0.2, -0.15) is 5.26 Å². The van der Waals surface area contributed by atoms with Crippen molar-refractivity contribution in [2.45, 2.75) is 19.7 Å². The Hall–Kier alpha value is -5.34. The fraction of sp³-hybridized carbons (Fsp3) is 0.167. The van der Waals surface area contributed by atoms with Crippen LogP contribution in [0.4, 0.5) is 4.39 Å². The number of aromatic nitrogens is 4. The molecule has 0 aliphatic rings. The number of rotatable bonds is 10. The smallest absolute Gasteiger partial charge is 0.335 e. The van der Waals surface area contributed by atoms with Crippen LogP contribution >= 0.6 is 0 Å². The lowest BCUT2D eigenvalue weighted by molar-refractivity contribution is 0.0697. The molecule has 11 heteroatoms. The van der Waals surface area contributed by atoms with Crippen molar-refractivity contribution in [2.75, 3.05) is 13.7 Å². The first-order valence-electron chi connectivity index (χ1n) is 12.6. The Morgan fingerprint density at radius 3 is 2.68 bits per heavy atom. The van der Waals surface area contributed by atoms with Crippen LogP contribution in [0.25, 0.3) is 22.3 Å². The molecule has 10 nitrogen and oxygen atoms in total. The van der Waals surface area contributed by atoms with Gasteiger partial charge in [-0.3, -0.25) is 4.79 Å². The number of nitrogens with zero attached hydrogens (tertiary/aromatic N) is 5. The van der Waals surface area contributed by atoms with E-state index in [0.29, 0.717) is 41.3 Å². The number of methoxy groups -OCH3 is 1. The van der Waals surface area contributed by atoms with Crippen molar-refractivity contribution in [1.29, 1.82) is 5.26 Å². The molecule has 0 saturated carbocycles. The third-order valence-corrected chi connectivity index (χ3v) is 6.48. The van der Waals surface area contributed by atoms with E-state index >= 15 is 0 Å². The van der Waals surface area contributed by atoms with Gasteiger partial charge in [0.05, 0.1) is 47.1 Å². The van der Waals surface area contributed by atoms with Gasteiger partial charge in [0.1, 0.15) is 18.2 Å². The van der Waals surface area contributed by atoms with Crippen LogP contribution in [0.1, 0.15) is 27.3 Å². The van der Waals surface area contributed by atoms with Gasteiger partial charge in [0.25, 0.3) is 5.56 Å². The average Bonchev–Trinajstić information content (AvgIpc) is 3.32. The maximum Gasteiger partial charge on any atom is 0.335 e. The van der Waals surface area contributed by atoms with Crippen LogP contribution in [0, 0.1) is 17.1 Å². The van der Waals surface area contributed by atoms with Gasteiger partial charge < -0.3 is 23.7 Å². The molecule has 0 atom stereocenters. The number of hydrogen-bond acceptors (Lipinski definition) is 7. The second-order valence-corrected chi connectivity index (χ2v) is 9.13. The van der Waals surface area contributed by atoms with E-state index in [1.165, 1.54) is 28.8 Å². The Bertz CT molecular complexity index is 1860. The molecular weight excluding hydrogens is 529 g/mol. The van der Waals surface area contributed by atoms with Gasteiger partial charge in [-0.25, -0.2) is 19.2 Å². The maximum atomic E-state index is 14.2. The number of carbonyl (C=O) groups is 1. The summed E-state index contributed by atoms with van der Waals surface area (Å²) in [5.41, 5.74) is 2.70. The van der Waals surface area contributed by atoms with Crippen LogP contribution in [0.15, 0.2) is 77.7 Å². The highest BCUT2D eigenvalue weighted by molar-refractivity contribution is 5.92. The summed E-state index contributed by atoms with van der Waals surface area (Å²) in [6.45, 7) is 0.896. The van der Waals surface area contributed by atoms with Crippen LogP contribution in [0.5, 0.6) is 5.88 Å². The van der Waals surface area contributed by atoms with Crippen LogP contribution < -0.4 is 10.3 Å². The minimum absolute atomic E-state index is 0.0758. The number of halogens is 1. The second-order valence-electron chi connectivity index (χ2n) is 9.13. The highest BCUT2D eigenvalue weighted by atomic mass is 19.1. The number of nitriles is 1. The molecule has 0 unspecified atom stereocenters. The standard InChI is InChI=1S/C30H24FN5O5/c1-40-12-11-36-26-14-21(30(38)39)7-8-25(26)33-27(36)17-35-10-9-20(15-29(35)37)24-3-2-4-28(34-24)41-18-22-6-5-19(16-32)13-23(22)31/h2-10,13-15H,11-12,17-18H2,1H3,(H,38,39). The first kappa shape index (κ1) is 27.2. The van der Waals surface area contributed by atoms with Crippen molar-refractivity contribution in [1.82, 2.24) is 19.1 Å². The Morgan fingerprint density at radius 1 is 1.10 bits per heavy atom. The van der Waals surface area contributed by atoms with Crippen molar-refractivity contribution in [3.8, 4) is 23.2 Å². The van der Waals surface area contributed by atoms with Crippen LogP contribution in [0.3, 0.4) is 0 Å². The number of fused-ring (bicyclic) bond motifs is 1. The summed E-state index contributed by atoms with van der Waals surface area (Å²) in [5, 5.41) is 18.3. The fourth-order valence-electron chi connectivity index (χ4n) is 4.35. The number of carboxylic acid groups (broad SMARTS) is 1. The molecule has 3 heterocycles. The Kier molecular flexibility index (Phi) is 7.85. The first-order valence-corrected chi connectivity index (χ1v) is 12.6. The van der Waals surface area contributed by atoms with Gasteiger partial charge in [0.2, 0.25) is 5.88 Å². The molecule has 0 bridgehead atoms. The summed E-state index contributed by atoms with van der Waals surface area (Å²) in [4.78, 5) is 33.7. The molecule has 0 aliphatic heterocycles. The maximum absolute atomic E-state index is 14.2. The van der Waals surface area contributed by atoms with Crippen molar-refractivity contribution >= 4 is 17.0 Å². The van der Waals surface area contributed by atoms with Crippen LogP contribution in [-0.4, -0.2) is 43.9 Å². The number of aromatic carboxylic acids is 1. The Balaban J connectivity index is 1.37. The van der Waals surface area contributed by atoms with Gasteiger partial charge in [-0.1, -0.05) is 12.1 Å². The lowest BCUT2D eigenvalue weighted by Gasteiger charge is -2.11. The summed E-state index contributed by atoms with van der Waals surface area (Å²) in [7, 11) is 1.57. The molecule has 0 fully saturated rings. The van der Waals surface area contributed by atoms with Crippen molar-refractivity contribution in [3.05, 3.63) is 112 Å². The summed E-state index contributed by atoms with van der Waals surface area (Å²) < 4.78 is 28.4. The predicted octanol–water partition coefficient (Wildman–Crippen LogP) is 4.24. The van der Waals surface area contributed by atoms with E-state index in [1.54, 1.807) is 49.7 Å². The zero-order valence-electron chi connectivity index (χ0n) is 22.0. The average molecular weight is 554 g/mol. The SMILES string of the molecule is COCCn1c(Cn2ccc(-c3cccc(OCc4ccc(C#N)cc4F)n3)cc2=O)nc2ccc(C(=O)O)cc21. The van der Waals surface area contributed by atoms with E-state index < -0.39 is 11.8 Å². The van der Waals surface area contributed by atoms with Gasteiger partial charge in [0, 0.05) is 43.1 Å². The minimum Gasteiger partial charge on any atom is -0.478 e. The molecule has 0 radical (unpaired) electrons. The third kappa shape index (κ3) is 5.98. The van der Waals surface area contributed by atoms with Gasteiger partial charge >= 0.3 is 5.97 Å². The molecule has 0 amide bonds. The molecule has 5 rings (SSSR count). The molecule has 0 saturated heterocycles. The predicted molar refractivity (Wildman–Crippen MR) is 147 cm³/mol. The summed E-state index contributed by atoms with van der Waals surface area (Å²) in [6.07, 6.45) is 1.64. The molecule has 0 spiro atoms. The molecule has 2 aromatic carbocycles. The topological polar surface area (TPSA) is 132 Å². The Labute approximate surface area is 233 Å². The van der Waals surface area contributed by atoms with Gasteiger partial charge in [0.15, 0.2) is 0 Å². The van der Waals surface area contributed by atoms with Crippen molar-refractivity contribution in [2.24, 2.45) is 0 Å². The van der Waals surface area contributed by atoms with Crippen molar-refractivity contribution < 1.29 is 23.8 Å². The largest absolute Gasteiger partial charge is 0.478 e. The normalized spacial score (nSPS) is 11.0. The fourth-order valence-corrected chi connectivity index (χ4v) is 4.35. The minimum atomic E-state index is -1.04. The molecule has 3 aromatic heterocycles. The van der Waals surface area contributed by atoms with E-state index in [4.69, 9.17) is 14.7 Å². The number of carboxylic acids is 1. The highest BCUT2D eigenvalue weighted by Crippen LogP contribution is 2.22. The molecule has 1 N–H and O–H groups in total. The van der Waals surface area contributed by atoms with Gasteiger partial charge in [-0.15, -0.1) is 0 Å². The van der Waals surface area contributed by atoms with Crippen LogP contribution in [-0.2, 0) is 24.4 Å². The molecular formula is C30H24FN5O5. The molecule has 0 aliphatic carbocycles. The molecule has 41 heavy (non-hydrogen) atoms. The summed E-state index contributed by atoms with van der Waals surface area (Å²) in [5.74, 6) is -0.743. The van der Waals surface area contributed by atoms with Crippen molar-refractivity contribution in [3.63, 3.8) is 0 Å².